The van der Waals surface area contributed by atoms with Crippen LogP contribution in [0.15, 0.2) is 140 Å². The lowest BCUT2D eigenvalue weighted by atomic mass is 9.83. The Bertz CT molecular complexity index is 2630. The van der Waals surface area contributed by atoms with E-state index in [2.05, 4.69) is 91.1 Å². The monoisotopic (exact) mass is 935 g/mol. The molecule has 5 heterocycles. The van der Waals surface area contributed by atoms with Crippen LogP contribution in [0.2, 0.25) is 0 Å². The number of aliphatic carboxylic acids is 1. The molecule has 6 aromatic rings. The van der Waals surface area contributed by atoms with Crippen LogP contribution >= 0.6 is 11.8 Å². The van der Waals surface area contributed by atoms with Crippen molar-refractivity contribution < 1.29 is 23.9 Å². The Balaban J connectivity index is 0.000000194. The van der Waals surface area contributed by atoms with Crippen LogP contribution in [-0.4, -0.2) is 58.4 Å². The van der Waals surface area contributed by atoms with E-state index in [4.69, 9.17) is 0 Å². The molecular weight excluding hydrogens is 874 g/mol. The van der Waals surface area contributed by atoms with E-state index < -0.39 is 22.5 Å². The number of amides is 2. The number of fused-ring (bicyclic) bond motifs is 2. The maximum absolute atomic E-state index is 14.4. The summed E-state index contributed by atoms with van der Waals surface area (Å²) in [5.41, 5.74) is 8.78. The number of carbonyl (C=O) groups excluding carboxylic acids is 2. The standard InChI is InChI=1S/C27H30FN3O2.C26H26N4O2S.C2H6/c1-27(2,26(32)33)21-15-18(10-11-22(21)28)12-14-30-25(19-7-4-3-5-8-19)20-16-24-23(31-17-20)9-6-13-29-24;31-25-24(33-26(32)30-25)19-9-4-6-17(14-19)11-13-28-23(18-7-2-1-3-8-18)20-15-22-21(29-16-20)10-5-12-27-22;1-2/h3-11,13,15,20,25,30-31H,12,14,16-17H2,1-2H3,(H,32,33);1-10,12,14,20,23-24,28-29H,11,13,15-16H2,(H,30,31,32);1-2H3/t20-,25-;20-,23-,24?;/m11./s1. The first-order valence-corrected chi connectivity index (χ1v) is 24.5. The van der Waals surface area contributed by atoms with Gasteiger partial charge in [-0.2, -0.15) is 0 Å². The molecule has 3 aliphatic rings. The Labute approximate surface area is 403 Å². The molecule has 0 radical (unpaired) electrons. The number of nitrogens with zero attached hydrogens (tertiary/aromatic N) is 2. The molecule has 0 aliphatic carbocycles. The van der Waals surface area contributed by atoms with Crippen LogP contribution in [-0.2, 0) is 40.7 Å². The number of hydrogen-bond acceptors (Lipinski definition) is 10. The summed E-state index contributed by atoms with van der Waals surface area (Å²) in [6.45, 7) is 10.3. The molecule has 5 atom stereocenters. The van der Waals surface area contributed by atoms with Gasteiger partial charge in [0.1, 0.15) is 11.1 Å². The third kappa shape index (κ3) is 12.4. The van der Waals surface area contributed by atoms with E-state index >= 15 is 0 Å². The minimum atomic E-state index is -1.28. The van der Waals surface area contributed by atoms with Crippen molar-refractivity contribution in [1.82, 2.24) is 25.9 Å². The molecule has 4 aromatic carbocycles. The third-order valence-corrected chi connectivity index (χ3v) is 13.8. The zero-order chi connectivity index (χ0) is 48.0. The quantitative estimate of drug-likeness (QED) is 0.0583. The van der Waals surface area contributed by atoms with E-state index in [0.29, 0.717) is 24.8 Å². The van der Waals surface area contributed by atoms with Crippen molar-refractivity contribution in [2.24, 2.45) is 11.8 Å². The van der Waals surface area contributed by atoms with Crippen molar-refractivity contribution in [2.45, 2.75) is 76.1 Å². The van der Waals surface area contributed by atoms with Crippen molar-refractivity contribution in [3.8, 4) is 0 Å². The molecule has 6 N–H and O–H groups in total. The van der Waals surface area contributed by atoms with Gasteiger partial charge in [0, 0.05) is 55.0 Å². The lowest BCUT2D eigenvalue weighted by Crippen LogP contribution is -2.37. The molecule has 9 rings (SSSR count). The van der Waals surface area contributed by atoms with Crippen LogP contribution in [0.1, 0.15) is 89.8 Å². The fraction of sp³-hybridized carbons (Fsp3) is 0.327. The van der Waals surface area contributed by atoms with Gasteiger partial charge in [-0.05, 0) is 123 Å². The van der Waals surface area contributed by atoms with E-state index in [1.807, 2.05) is 80.8 Å². The molecule has 354 valence electrons. The molecule has 1 fully saturated rings. The molecule has 3 aliphatic heterocycles. The van der Waals surface area contributed by atoms with Crippen molar-refractivity contribution in [1.29, 1.82) is 0 Å². The first kappa shape index (κ1) is 49.5. The topological polar surface area (TPSA) is 157 Å². The third-order valence-electron chi connectivity index (χ3n) is 12.8. The average molecular weight is 936 g/mol. The summed E-state index contributed by atoms with van der Waals surface area (Å²) in [6.07, 6.45) is 6.99. The number of carboxylic acid groups (broad SMARTS) is 1. The number of pyridine rings is 2. The summed E-state index contributed by atoms with van der Waals surface area (Å²) in [4.78, 5) is 44.3. The van der Waals surface area contributed by atoms with Gasteiger partial charge in [0.15, 0.2) is 0 Å². The Morgan fingerprint density at radius 1 is 0.721 bits per heavy atom. The van der Waals surface area contributed by atoms with Crippen LogP contribution in [0.4, 0.5) is 20.6 Å². The molecule has 0 bridgehead atoms. The van der Waals surface area contributed by atoms with Crippen LogP contribution in [0.3, 0.4) is 0 Å². The first-order chi connectivity index (χ1) is 33.0. The highest BCUT2D eigenvalue weighted by atomic mass is 32.2. The summed E-state index contributed by atoms with van der Waals surface area (Å²) >= 11 is 1.05. The van der Waals surface area contributed by atoms with Gasteiger partial charge in [0.25, 0.3) is 5.24 Å². The van der Waals surface area contributed by atoms with Crippen LogP contribution in [0.5, 0.6) is 0 Å². The van der Waals surface area contributed by atoms with Gasteiger partial charge in [0.05, 0.1) is 28.2 Å². The van der Waals surface area contributed by atoms with E-state index in [0.717, 1.165) is 90.1 Å². The molecule has 1 saturated heterocycles. The smallest absolute Gasteiger partial charge is 0.313 e. The van der Waals surface area contributed by atoms with Crippen LogP contribution in [0, 0.1) is 17.7 Å². The molecule has 0 saturated carbocycles. The summed E-state index contributed by atoms with van der Waals surface area (Å²) in [5.74, 6) is -1.06. The largest absolute Gasteiger partial charge is 0.481 e. The van der Waals surface area contributed by atoms with Crippen molar-refractivity contribution in [3.05, 3.63) is 190 Å². The number of halogens is 1. The minimum absolute atomic E-state index is 0.129. The molecule has 2 amide bonds. The summed E-state index contributed by atoms with van der Waals surface area (Å²) in [6, 6.07) is 42.1. The second-order valence-corrected chi connectivity index (χ2v) is 18.7. The SMILES string of the molecule is CC.CC(C)(C(=O)O)c1cc(CCN[C@H](c2ccccc2)[C@H]2CNc3cccnc3C2)ccc1F.O=C1NC(=O)C(c2cccc(CCN[C@H](c3ccccc3)[C@H]3CNc4cccnc4C3)c2)S1. The molecule has 13 heteroatoms. The Kier molecular flexibility index (Phi) is 17.1. The molecule has 68 heavy (non-hydrogen) atoms. The second kappa shape index (κ2) is 23.5. The van der Waals surface area contributed by atoms with E-state index in [1.54, 1.807) is 12.1 Å². The molecule has 2 aromatic heterocycles. The summed E-state index contributed by atoms with van der Waals surface area (Å²) in [7, 11) is 0. The van der Waals surface area contributed by atoms with E-state index in [1.165, 1.54) is 31.0 Å². The fourth-order valence-electron chi connectivity index (χ4n) is 9.11. The Hall–Kier alpha value is -6.41. The van der Waals surface area contributed by atoms with Gasteiger partial charge >= 0.3 is 5.97 Å². The lowest BCUT2D eigenvalue weighted by molar-refractivity contribution is -0.142. The van der Waals surface area contributed by atoms with Gasteiger partial charge in [-0.1, -0.05) is 111 Å². The minimum Gasteiger partial charge on any atom is -0.481 e. The number of carbonyl (C=O) groups is 3. The van der Waals surface area contributed by atoms with Crippen molar-refractivity contribution in [3.63, 3.8) is 0 Å². The maximum atomic E-state index is 14.4. The molecular formula is C55H62FN7O4S. The van der Waals surface area contributed by atoms with Crippen molar-refractivity contribution >= 4 is 40.3 Å². The van der Waals surface area contributed by atoms with E-state index in [-0.39, 0.29) is 28.8 Å². The lowest BCUT2D eigenvalue weighted by Gasteiger charge is -2.33. The highest BCUT2D eigenvalue weighted by Crippen LogP contribution is 2.36. The fourth-order valence-corrected chi connectivity index (χ4v) is 9.93. The molecule has 1 unspecified atom stereocenters. The highest BCUT2D eigenvalue weighted by molar-refractivity contribution is 8.15. The normalized spacial score (nSPS) is 18.1. The summed E-state index contributed by atoms with van der Waals surface area (Å²) < 4.78 is 14.4. The number of thioether (sulfide) groups is 1. The number of anilines is 2. The van der Waals surface area contributed by atoms with Gasteiger partial charge in [-0.15, -0.1) is 0 Å². The number of benzene rings is 4. The number of rotatable bonds is 15. The van der Waals surface area contributed by atoms with Gasteiger partial charge in [-0.3, -0.25) is 29.7 Å². The Morgan fingerprint density at radius 2 is 1.25 bits per heavy atom. The predicted molar refractivity (Wildman–Crippen MR) is 270 cm³/mol. The first-order valence-electron chi connectivity index (χ1n) is 23.6. The van der Waals surface area contributed by atoms with Crippen LogP contribution < -0.4 is 26.6 Å². The van der Waals surface area contributed by atoms with Gasteiger partial charge in [-0.25, -0.2) is 4.39 Å². The number of carboxylic acids is 1. The van der Waals surface area contributed by atoms with Crippen molar-refractivity contribution in [2.75, 3.05) is 36.8 Å². The predicted octanol–water partition coefficient (Wildman–Crippen LogP) is 10.0. The number of imide groups is 1. The van der Waals surface area contributed by atoms with Crippen LogP contribution in [0.25, 0.3) is 0 Å². The maximum Gasteiger partial charge on any atom is 0.313 e. The van der Waals surface area contributed by atoms with E-state index in [9.17, 15) is 23.9 Å². The summed E-state index contributed by atoms with van der Waals surface area (Å²) in [5, 5.41) is 25.7. The number of hydrogen-bond donors (Lipinski definition) is 6. The second-order valence-electron chi connectivity index (χ2n) is 17.6. The molecule has 0 spiro atoms. The average Bonchev–Trinajstić information content (AvgIpc) is 3.72. The zero-order valence-corrected chi connectivity index (χ0v) is 40.0. The zero-order valence-electron chi connectivity index (χ0n) is 39.2. The molecule has 11 nitrogen and oxygen atoms in total. The van der Waals surface area contributed by atoms with Gasteiger partial charge < -0.3 is 26.4 Å². The highest BCUT2D eigenvalue weighted by Gasteiger charge is 2.34. The number of aromatic nitrogens is 2. The number of nitrogens with one attached hydrogen (secondary N) is 5. The Morgan fingerprint density at radius 3 is 1.75 bits per heavy atom. The van der Waals surface area contributed by atoms with Gasteiger partial charge in [0.2, 0.25) is 5.91 Å².